The molecule has 0 unspecified atom stereocenters. The van der Waals surface area contributed by atoms with Crippen LogP contribution in [0.25, 0.3) is 0 Å². The number of carbonyl (C=O) groups excluding carboxylic acids is 2. The zero-order valence-electron chi connectivity index (χ0n) is 20.2. The first-order valence-electron chi connectivity index (χ1n) is 11.9. The summed E-state index contributed by atoms with van der Waals surface area (Å²) in [6.07, 6.45) is 2.17. The quantitative estimate of drug-likeness (QED) is 0.576. The lowest BCUT2D eigenvalue weighted by Crippen LogP contribution is -2.52. The van der Waals surface area contributed by atoms with E-state index < -0.39 is 29.6 Å². The van der Waals surface area contributed by atoms with Crippen molar-refractivity contribution in [1.29, 1.82) is 0 Å². The number of carboxylic acid groups (broad SMARTS) is 1. The summed E-state index contributed by atoms with van der Waals surface area (Å²) in [6.45, 7) is 5.46. The average Bonchev–Trinajstić information content (AvgIpc) is 2.79. The number of ether oxygens (including phenoxy) is 1. The number of amides is 2. The molecule has 2 aromatic rings. The number of carbonyl (C=O) groups is 3. The van der Waals surface area contributed by atoms with E-state index in [0.29, 0.717) is 41.8 Å². The molecule has 4 rings (SSSR count). The van der Waals surface area contributed by atoms with Crippen LogP contribution >= 0.6 is 11.6 Å². The third kappa shape index (κ3) is 5.45. The maximum absolute atomic E-state index is 13.8. The third-order valence-corrected chi connectivity index (χ3v) is 6.92. The molecule has 186 valence electrons. The molecule has 1 fully saturated rings. The predicted molar refractivity (Wildman–Crippen MR) is 133 cm³/mol. The lowest BCUT2D eigenvalue weighted by Gasteiger charge is -2.47. The summed E-state index contributed by atoms with van der Waals surface area (Å²) in [6, 6.07) is 13.1. The Bertz CT molecular complexity index is 1100. The molecule has 2 amide bonds. The van der Waals surface area contributed by atoms with E-state index in [-0.39, 0.29) is 18.0 Å². The first kappa shape index (κ1) is 25.0. The number of hydrogen-bond donors (Lipinski definition) is 2. The number of halogens is 1. The van der Waals surface area contributed by atoms with Gasteiger partial charge < -0.3 is 20.1 Å². The number of carboxylic acids is 1. The van der Waals surface area contributed by atoms with Crippen molar-refractivity contribution < 1.29 is 24.2 Å². The summed E-state index contributed by atoms with van der Waals surface area (Å²) in [4.78, 5) is 40.3. The number of hydrogen-bond acceptors (Lipinski definition) is 4. The van der Waals surface area contributed by atoms with Crippen LogP contribution in [0.15, 0.2) is 48.5 Å². The summed E-state index contributed by atoms with van der Waals surface area (Å²) < 4.78 is 5.37. The lowest BCUT2D eigenvalue weighted by molar-refractivity contribution is -0.141. The van der Waals surface area contributed by atoms with E-state index in [2.05, 4.69) is 5.32 Å². The van der Waals surface area contributed by atoms with Crippen molar-refractivity contribution in [3.63, 3.8) is 0 Å². The van der Waals surface area contributed by atoms with Crippen LogP contribution in [0.1, 0.15) is 79.9 Å². The number of nitrogens with one attached hydrogen (secondary N) is 1. The fourth-order valence-corrected chi connectivity index (χ4v) is 5.33. The minimum Gasteiger partial charge on any atom is -0.481 e. The molecule has 1 heterocycles. The number of fused-ring (bicyclic) bond motifs is 1. The van der Waals surface area contributed by atoms with Gasteiger partial charge >= 0.3 is 12.1 Å². The van der Waals surface area contributed by atoms with Crippen molar-refractivity contribution in [3.05, 3.63) is 70.2 Å². The molecule has 2 atom stereocenters. The van der Waals surface area contributed by atoms with Gasteiger partial charge in [-0.1, -0.05) is 41.9 Å². The van der Waals surface area contributed by atoms with Gasteiger partial charge in [0, 0.05) is 22.7 Å². The van der Waals surface area contributed by atoms with Crippen molar-refractivity contribution in [1.82, 2.24) is 10.2 Å². The highest BCUT2D eigenvalue weighted by Crippen LogP contribution is 2.45. The van der Waals surface area contributed by atoms with Gasteiger partial charge in [0.05, 0.1) is 6.04 Å². The molecule has 7 nitrogen and oxygen atoms in total. The van der Waals surface area contributed by atoms with Crippen LogP contribution in [-0.2, 0) is 9.53 Å². The van der Waals surface area contributed by atoms with Crippen molar-refractivity contribution >= 4 is 29.6 Å². The summed E-state index contributed by atoms with van der Waals surface area (Å²) in [7, 11) is 0. The number of aliphatic carboxylic acids is 1. The molecule has 2 aliphatic rings. The number of benzene rings is 2. The lowest BCUT2D eigenvalue weighted by atomic mass is 9.77. The second kappa shape index (κ2) is 9.90. The minimum absolute atomic E-state index is 0.0578. The van der Waals surface area contributed by atoms with Crippen LogP contribution in [0.4, 0.5) is 4.79 Å². The summed E-state index contributed by atoms with van der Waals surface area (Å²) in [5, 5.41) is 13.8. The molecular weight excluding hydrogens is 468 g/mol. The van der Waals surface area contributed by atoms with Crippen molar-refractivity contribution in [2.75, 3.05) is 0 Å². The Morgan fingerprint density at radius 1 is 1.03 bits per heavy atom. The number of nitrogens with zero attached hydrogens (tertiary/aromatic N) is 1. The van der Waals surface area contributed by atoms with Crippen molar-refractivity contribution in [2.24, 2.45) is 0 Å². The van der Waals surface area contributed by atoms with Gasteiger partial charge in [-0.3, -0.25) is 9.59 Å². The van der Waals surface area contributed by atoms with E-state index in [4.69, 9.17) is 16.3 Å². The van der Waals surface area contributed by atoms with Gasteiger partial charge in [-0.2, -0.15) is 0 Å². The molecule has 2 N–H and O–H groups in total. The number of rotatable bonds is 4. The van der Waals surface area contributed by atoms with Crippen LogP contribution in [0.3, 0.4) is 0 Å². The molecule has 1 saturated carbocycles. The normalized spacial score (nSPS) is 24.5. The molecule has 2 aromatic carbocycles. The van der Waals surface area contributed by atoms with Crippen molar-refractivity contribution in [2.45, 2.75) is 76.1 Å². The molecule has 0 saturated heterocycles. The van der Waals surface area contributed by atoms with Gasteiger partial charge in [0.15, 0.2) is 0 Å². The van der Waals surface area contributed by atoms with Gasteiger partial charge in [0.25, 0.3) is 5.91 Å². The first-order chi connectivity index (χ1) is 16.5. The third-order valence-electron chi connectivity index (χ3n) is 6.66. The summed E-state index contributed by atoms with van der Waals surface area (Å²) in [5.41, 5.74) is 1.12. The monoisotopic (exact) mass is 498 g/mol. The van der Waals surface area contributed by atoms with Crippen molar-refractivity contribution in [3.8, 4) is 0 Å². The van der Waals surface area contributed by atoms with Gasteiger partial charge in [0.1, 0.15) is 11.5 Å². The highest BCUT2D eigenvalue weighted by atomic mass is 35.5. The zero-order chi connectivity index (χ0) is 25.3. The van der Waals surface area contributed by atoms with Gasteiger partial charge in [-0.15, -0.1) is 0 Å². The highest BCUT2D eigenvalue weighted by molar-refractivity contribution is 6.30. The SMILES string of the molecule is CC(C)(C)OC(=O)N[C@H]1CC[C@H](N2C(=O)c3ccccc3[C@@H](C(=O)O)[C@@H]2c2ccc(Cl)cc2)CC1. The van der Waals surface area contributed by atoms with Gasteiger partial charge in [0.2, 0.25) is 0 Å². The molecular formula is C27H31ClN2O5. The Balaban J connectivity index is 1.62. The highest BCUT2D eigenvalue weighted by Gasteiger charge is 2.47. The second-order valence-corrected chi connectivity index (χ2v) is 10.7. The molecule has 1 aliphatic carbocycles. The topological polar surface area (TPSA) is 95.9 Å². The molecule has 0 radical (unpaired) electrons. The Kier molecular flexibility index (Phi) is 7.08. The molecule has 0 spiro atoms. The number of alkyl carbamates (subject to hydrolysis) is 1. The average molecular weight is 499 g/mol. The van der Waals surface area contributed by atoms with Crippen LogP contribution in [0.2, 0.25) is 5.02 Å². The van der Waals surface area contributed by atoms with Crippen LogP contribution in [-0.4, -0.2) is 45.7 Å². The Labute approximate surface area is 210 Å². The fourth-order valence-electron chi connectivity index (χ4n) is 5.21. The minimum atomic E-state index is -0.977. The molecule has 8 heteroatoms. The maximum atomic E-state index is 13.8. The van der Waals surface area contributed by atoms with Gasteiger partial charge in [-0.05, 0) is 75.8 Å². The predicted octanol–water partition coefficient (Wildman–Crippen LogP) is 5.54. The van der Waals surface area contributed by atoms with E-state index in [0.717, 1.165) is 5.56 Å². The molecule has 0 aromatic heterocycles. The van der Waals surface area contributed by atoms with Crippen LogP contribution in [0.5, 0.6) is 0 Å². The van der Waals surface area contributed by atoms with E-state index in [1.165, 1.54) is 0 Å². The van der Waals surface area contributed by atoms with Crippen LogP contribution < -0.4 is 5.32 Å². The molecule has 35 heavy (non-hydrogen) atoms. The first-order valence-corrected chi connectivity index (χ1v) is 12.3. The largest absolute Gasteiger partial charge is 0.481 e. The molecule has 1 aliphatic heterocycles. The summed E-state index contributed by atoms with van der Waals surface area (Å²) in [5.74, 6) is -2.04. The fraction of sp³-hybridized carbons (Fsp3) is 0.444. The van der Waals surface area contributed by atoms with Gasteiger partial charge in [-0.25, -0.2) is 4.79 Å². The Morgan fingerprint density at radius 2 is 1.66 bits per heavy atom. The van der Waals surface area contributed by atoms with E-state index >= 15 is 0 Å². The van der Waals surface area contributed by atoms with E-state index in [9.17, 15) is 19.5 Å². The van der Waals surface area contributed by atoms with E-state index in [1.54, 1.807) is 53.4 Å². The maximum Gasteiger partial charge on any atom is 0.407 e. The molecule has 0 bridgehead atoms. The standard InChI is InChI=1S/C27H31ClN2O5/c1-27(2,3)35-26(34)29-18-12-14-19(15-13-18)30-23(16-8-10-17(28)11-9-16)22(25(32)33)20-6-4-5-7-21(20)24(30)31/h4-11,18-19,22-23H,12-15H2,1-3H3,(H,29,34)(H,32,33)/t18-,19-,22-,23+/m1/s1. The summed E-state index contributed by atoms with van der Waals surface area (Å²) >= 11 is 6.10. The van der Waals surface area contributed by atoms with E-state index in [1.807, 2.05) is 20.8 Å². The zero-order valence-corrected chi connectivity index (χ0v) is 20.9. The van der Waals surface area contributed by atoms with Crippen LogP contribution in [0, 0.1) is 0 Å². The second-order valence-electron chi connectivity index (χ2n) is 10.3. The Morgan fingerprint density at radius 3 is 2.26 bits per heavy atom. The smallest absolute Gasteiger partial charge is 0.407 e. The Hall–Kier alpha value is -3.06.